The van der Waals surface area contributed by atoms with E-state index in [-0.39, 0.29) is 12.7 Å². The smallest absolute Gasteiger partial charge is 0.173 e. The summed E-state index contributed by atoms with van der Waals surface area (Å²) < 4.78 is 16.2. The summed E-state index contributed by atoms with van der Waals surface area (Å²) in [6.45, 7) is 2.28. The molecule has 1 aliphatic heterocycles. The van der Waals surface area contributed by atoms with Gasteiger partial charge in [0.25, 0.3) is 0 Å². The van der Waals surface area contributed by atoms with Crippen LogP contribution in [0.25, 0.3) is 0 Å². The molecule has 78 valence electrons. The van der Waals surface area contributed by atoms with Gasteiger partial charge in [-0.05, 0) is 19.1 Å². The van der Waals surface area contributed by atoms with Gasteiger partial charge in [-0.3, -0.25) is 0 Å². The van der Waals surface area contributed by atoms with Crippen molar-refractivity contribution < 1.29 is 19.0 Å². The summed E-state index contributed by atoms with van der Waals surface area (Å²) in [6, 6.07) is 3.71. The summed E-state index contributed by atoms with van der Waals surface area (Å²) >= 11 is 0. The van der Waals surface area contributed by atoms with Gasteiger partial charge in [0, 0.05) is 0 Å². The topological polar surface area (TPSA) is 51.8 Å². The zero-order valence-electron chi connectivity index (χ0n) is 8.10. The molecule has 1 fully saturated rings. The Morgan fingerprint density at radius 1 is 1.64 bits per heavy atom. The van der Waals surface area contributed by atoms with E-state index < -0.39 is 5.79 Å². The first kappa shape index (κ1) is 9.71. The van der Waals surface area contributed by atoms with Crippen LogP contribution >= 0.6 is 0 Å². The van der Waals surface area contributed by atoms with Gasteiger partial charge in [-0.2, -0.15) is 0 Å². The lowest BCUT2D eigenvalue weighted by Gasteiger charge is -2.21. The molecule has 1 aromatic rings. The van der Waals surface area contributed by atoms with Gasteiger partial charge in [0.15, 0.2) is 5.79 Å². The summed E-state index contributed by atoms with van der Waals surface area (Å²) in [6.07, 6.45) is 1.98. The predicted octanol–water partition coefficient (Wildman–Crippen LogP) is 0.946. The average Bonchev–Trinajstić information content (AvgIpc) is 2.76. The highest BCUT2D eigenvalue weighted by molar-refractivity contribution is 5.01. The second kappa shape index (κ2) is 3.73. The van der Waals surface area contributed by atoms with Crippen LogP contribution in [0.1, 0.15) is 12.7 Å². The third-order valence-electron chi connectivity index (χ3n) is 2.27. The largest absolute Gasteiger partial charge is 0.469 e. The van der Waals surface area contributed by atoms with E-state index in [1.165, 1.54) is 0 Å². The van der Waals surface area contributed by atoms with Crippen molar-refractivity contribution in [2.24, 2.45) is 0 Å². The first-order chi connectivity index (χ1) is 6.72. The van der Waals surface area contributed by atoms with Gasteiger partial charge in [0.2, 0.25) is 0 Å². The molecule has 1 aromatic heterocycles. The van der Waals surface area contributed by atoms with E-state index in [1.807, 2.05) is 19.1 Å². The Labute approximate surface area is 82.4 Å². The highest BCUT2D eigenvalue weighted by Gasteiger charge is 2.37. The van der Waals surface area contributed by atoms with Crippen LogP contribution in [0.3, 0.4) is 0 Å². The molecule has 0 radical (unpaired) electrons. The van der Waals surface area contributed by atoms with E-state index in [0.29, 0.717) is 13.0 Å². The van der Waals surface area contributed by atoms with Gasteiger partial charge in [0.05, 0.1) is 25.9 Å². The summed E-state index contributed by atoms with van der Waals surface area (Å²) in [4.78, 5) is 0. The van der Waals surface area contributed by atoms with E-state index in [2.05, 4.69) is 0 Å². The van der Waals surface area contributed by atoms with Crippen LogP contribution < -0.4 is 0 Å². The fraction of sp³-hybridized carbons (Fsp3) is 0.600. The Balaban J connectivity index is 1.97. The quantitative estimate of drug-likeness (QED) is 0.785. The first-order valence-electron chi connectivity index (χ1n) is 4.67. The molecule has 1 N–H and O–H groups in total. The minimum absolute atomic E-state index is 0.00621. The molecule has 2 unspecified atom stereocenters. The predicted molar refractivity (Wildman–Crippen MR) is 48.7 cm³/mol. The molecule has 1 aliphatic rings. The Morgan fingerprint density at radius 2 is 2.50 bits per heavy atom. The van der Waals surface area contributed by atoms with Crippen molar-refractivity contribution in [3.63, 3.8) is 0 Å². The molecular weight excluding hydrogens is 184 g/mol. The monoisotopic (exact) mass is 198 g/mol. The second-order valence-electron chi connectivity index (χ2n) is 3.62. The Kier molecular flexibility index (Phi) is 2.58. The minimum atomic E-state index is -0.661. The number of aliphatic hydroxyl groups excluding tert-OH is 1. The third kappa shape index (κ3) is 1.97. The highest BCUT2D eigenvalue weighted by Crippen LogP contribution is 2.27. The molecular formula is C10H14O4. The molecule has 0 bridgehead atoms. The van der Waals surface area contributed by atoms with Crippen molar-refractivity contribution in [2.75, 3.05) is 13.2 Å². The molecule has 0 spiro atoms. The minimum Gasteiger partial charge on any atom is -0.469 e. The Hall–Kier alpha value is -0.840. The number of furan rings is 1. The molecule has 4 nitrogen and oxygen atoms in total. The maximum Gasteiger partial charge on any atom is 0.173 e. The van der Waals surface area contributed by atoms with Gasteiger partial charge in [-0.1, -0.05) is 0 Å². The van der Waals surface area contributed by atoms with Crippen LogP contribution in [0, 0.1) is 0 Å². The normalized spacial score (nSPS) is 32.3. The third-order valence-corrected chi connectivity index (χ3v) is 2.27. The van der Waals surface area contributed by atoms with Gasteiger partial charge >= 0.3 is 0 Å². The lowest BCUT2D eigenvalue weighted by atomic mass is 10.2. The fourth-order valence-corrected chi connectivity index (χ4v) is 1.60. The second-order valence-corrected chi connectivity index (χ2v) is 3.62. The molecule has 14 heavy (non-hydrogen) atoms. The standard InChI is InChI=1S/C10H14O4/c1-10(5-8-3-2-4-12-8)13-7-9(6-11)14-10/h2-4,9,11H,5-7H2,1H3. The average molecular weight is 198 g/mol. The zero-order valence-corrected chi connectivity index (χ0v) is 8.10. The van der Waals surface area contributed by atoms with Crippen molar-refractivity contribution in [2.45, 2.75) is 25.2 Å². The zero-order chi connectivity index (χ0) is 10.0. The summed E-state index contributed by atoms with van der Waals surface area (Å²) in [5.41, 5.74) is 0. The number of rotatable bonds is 3. The van der Waals surface area contributed by atoms with Crippen molar-refractivity contribution in [3.8, 4) is 0 Å². The number of hydrogen-bond donors (Lipinski definition) is 1. The lowest BCUT2D eigenvalue weighted by molar-refractivity contribution is -0.158. The number of ether oxygens (including phenoxy) is 2. The molecule has 2 heterocycles. The van der Waals surface area contributed by atoms with E-state index in [1.54, 1.807) is 6.26 Å². The van der Waals surface area contributed by atoms with E-state index in [9.17, 15) is 0 Å². The maximum atomic E-state index is 8.90. The molecule has 0 aromatic carbocycles. The fourth-order valence-electron chi connectivity index (χ4n) is 1.60. The maximum absolute atomic E-state index is 8.90. The molecule has 2 atom stereocenters. The van der Waals surface area contributed by atoms with Gasteiger partial charge in [0.1, 0.15) is 11.9 Å². The van der Waals surface area contributed by atoms with Gasteiger partial charge in [-0.25, -0.2) is 0 Å². The number of hydrogen-bond acceptors (Lipinski definition) is 4. The van der Waals surface area contributed by atoms with Crippen molar-refractivity contribution >= 4 is 0 Å². The molecule has 4 heteroatoms. The lowest BCUT2D eigenvalue weighted by Crippen LogP contribution is -2.30. The van der Waals surface area contributed by atoms with Crippen LogP contribution in [0.5, 0.6) is 0 Å². The molecule has 1 saturated heterocycles. The first-order valence-corrected chi connectivity index (χ1v) is 4.67. The molecule has 0 aliphatic carbocycles. The Morgan fingerprint density at radius 3 is 3.07 bits per heavy atom. The van der Waals surface area contributed by atoms with Crippen molar-refractivity contribution in [1.82, 2.24) is 0 Å². The molecule has 2 rings (SSSR count). The summed E-state index contributed by atoms with van der Waals surface area (Å²) in [5, 5.41) is 8.90. The van der Waals surface area contributed by atoms with Crippen LogP contribution in [0.15, 0.2) is 22.8 Å². The van der Waals surface area contributed by atoms with E-state index >= 15 is 0 Å². The summed E-state index contributed by atoms with van der Waals surface area (Å²) in [7, 11) is 0. The van der Waals surface area contributed by atoms with E-state index in [4.69, 9.17) is 19.0 Å². The van der Waals surface area contributed by atoms with Crippen LogP contribution in [0.2, 0.25) is 0 Å². The van der Waals surface area contributed by atoms with Gasteiger partial charge in [-0.15, -0.1) is 0 Å². The van der Waals surface area contributed by atoms with Crippen LogP contribution in [0.4, 0.5) is 0 Å². The molecule has 0 saturated carbocycles. The highest BCUT2D eigenvalue weighted by atomic mass is 16.7. The van der Waals surface area contributed by atoms with Crippen LogP contribution in [-0.4, -0.2) is 30.2 Å². The SMILES string of the molecule is CC1(Cc2ccco2)OCC(CO)O1. The van der Waals surface area contributed by atoms with E-state index in [0.717, 1.165) is 5.76 Å². The summed E-state index contributed by atoms with van der Waals surface area (Å²) in [5.74, 6) is 0.164. The van der Waals surface area contributed by atoms with Crippen molar-refractivity contribution in [1.29, 1.82) is 0 Å². The van der Waals surface area contributed by atoms with Crippen molar-refractivity contribution in [3.05, 3.63) is 24.2 Å². The van der Waals surface area contributed by atoms with Gasteiger partial charge < -0.3 is 19.0 Å². The Bertz CT molecular complexity index is 282. The number of aliphatic hydroxyl groups is 1. The van der Waals surface area contributed by atoms with Crippen LogP contribution in [-0.2, 0) is 15.9 Å². The molecule has 0 amide bonds.